The molecule has 3 saturated heterocycles. The third-order valence-corrected chi connectivity index (χ3v) is 6.20. The Kier molecular flexibility index (Phi) is 6.84. The molecule has 1 atom stereocenters. The van der Waals surface area contributed by atoms with Crippen molar-refractivity contribution in [3.05, 3.63) is 30.1 Å². The monoisotopic (exact) mass is 420 g/mol. The summed E-state index contributed by atoms with van der Waals surface area (Å²) in [7, 11) is 0. The number of ether oxygens (including phenoxy) is 3. The van der Waals surface area contributed by atoms with E-state index >= 15 is 0 Å². The van der Waals surface area contributed by atoms with Crippen LogP contribution in [-0.2, 0) is 19.1 Å². The molecule has 1 aromatic rings. The van der Waals surface area contributed by atoms with Crippen LogP contribution in [-0.4, -0.2) is 79.8 Å². The minimum Gasteiger partial charge on any atom is -0.491 e. The van der Waals surface area contributed by atoms with Crippen LogP contribution in [0.2, 0.25) is 0 Å². The summed E-state index contributed by atoms with van der Waals surface area (Å²) < 4.78 is 29.7. The average Bonchev–Trinajstić information content (AvgIpc) is 2.80. The van der Waals surface area contributed by atoms with E-state index in [2.05, 4.69) is 0 Å². The second kappa shape index (κ2) is 9.75. The molecule has 2 amide bonds. The van der Waals surface area contributed by atoms with E-state index in [1.54, 1.807) is 12.1 Å². The van der Waals surface area contributed by atoms with Crippen molar-refractivity contribution in [3.8, 4) is 5.75 Å². The number of nitrogens with zero attached hydrogens (tertiary/aromatic N) is 2. The smallest absolute Gasteiger partial charge is 0.248 e. The zero-order valence-corrected chi connectivity index (χ0v) is 17.1. The number of piperidine rings is 1. The maximum atomic E-state index is 13.0. The van der Waals surface area contributed by atoms with Gasteiger partial charge in [-0.05, 0) is 49.9 Å². The highest BCUT2D eigenvalue weighted by Crippen LogP contribution is 2.24. The van der Waals surface area contributed by atoms with Crippen molar-refractivity contribution in [1.82, 2.24) is 9.80 Å². The molecule has 1 aromatic carbocycles. The van der Waals surface area contributed by atoms with Crippen LogP contribution in [0, 0.1) is 11.7 Å². The number of hydrogen-bond acceptors (Lipinski definition) is 5. The van der Waals surface area contributed by atoms with Gasteiger partial charge in [0.1, 0.15) is 30.9 Å². The van der Waals surface area contributed by atoms with E-state index in [1.807, 2.05) is 9.80 Å². The highest BCUT2D eigenvalue weighted by Gasteiger charge is 2.36. The lowest BCUT2D eigenvalue weighted by Gasteiger charge is -2.42. The molecular formula is C22H29FN2O5. The fourth-order valence-corrected chi connectivity index (χ4v) is 4.42. The summed E-state index contributed by atoms with van der Waals surface area (Å²) in [5.41, 5.74) is 0. The fourth-order valence-electron chi connectivity index (χ4n) is 4.42. The second-order valence-electron chi connectivity index (χ2n) is 8.19. The van der Waals surface area contributed by atoms with Gasteiger partial charge < -0.3 is 24.0 Å². The molecule has 0 aromatic heterocycles. The Bertz CT molecular complexity index is 730. The number of carbonyl (C=O) groups is 2. The number of morpholine rings is 1. The zero-order chi connectivity index (χ0) is 20.9. The second-order valence-corrected chi connectivity index (χ2v) is 8.19. The first-order valence-corrected chi connectivity index (χ1v) is 10.8. The molecule has 3 heterocycles. The molecule has 3 aliphatic heterocycles. The topological polar surface area (TPSA) is 68.3 Å². The standard InChI is InChI=1S/C22H29FN2O5/c23-17-1-3-19(4-2-17)29-14-20-13-25(21(26)15-30-20)18-5-9-24(10-6-18)22(27)16-7-11-28-12-8-16/h1-4,16,18,20H,5-15H2. The summed E-state index contributed by atoms with van der Waals surface area (Å²) in [6.45, 7) is 3.51. The van der Waals surface area contributed by atoms with E-state index in [0.29, 0.717) is 45.2 Å². The molecule has 3 fully saturated rings. The van der Waals surface area contributed by atoms with Gasteiger partial charge in [-0.15, -0.1) is 0 Å². The summed E-state index contributed by atoms with van der Waals surface area (Å²) in [5.74, 6) is 0.559. The van der Waals surface area contributed by atoms with Gasteiger partial charge in [-0.3, -0.25) is 9.59 Å². The highest BCUT2D eigenvalue weighted by molar-refractivity contribution is 5.80. The number of benzene rings is 1. The Morgan fingerprint density at radius 3 is 2.50 bits per heavy atom. The molecule has 0 aliphatic carbocycles. The van der Waals surface area contributed by atoms with Crippen molar-refractivity contribution < 1.29 is 28.2 Å². The first-order chi connectivity index (χ1) is 14.6. The molecule has 164 valence electrons. The van der Waals surface area contributed by atoms with Gasteiger partial charge >= 0.3 is 0 Å². The Morgan fingerprint density at radius 1 is 1.10 bits per heavy atom. The first kappa shape index (κ1) is 21.1. The van der Waals surface area contributed by atoms with Crippen LogP contribution in [0.25, 0.3) is 0 Å². The maximum absolute atomic E-state index is 13.0. The summed E-state index contributed by atoms with van der Waals surface area (Å²) in [5, 5.41) is 0. The van der Waals surface area contributed by atoms with Crippen LogP contribution < -0.4 is 4.74 Å². The Labute approximate surface area is 176 Å². The summed E-state index contributed by atoms with van der Waals surface area (Å²) in [6, 6.07) is 5.97. The molecule has 0 N–H and O–H groups in total. The highest BCUT2D eigenvalue weighted by atomic mass is 19.1. The number of halogens is 1. The van der Waals surface area contributed by atoms with Gasteiger partial charge in [0, 0.05) is 38.3 Å². The van der Waals surface area contributed by atoms with Crippen LogP contribution in [0.15, 0.2) is 24.3 Å². The van der Waals surface area contributed by atoms with Crippen LogP contribution >= 0.6 is 0 Å². The van der Waals surface area contributed by atoms with Crippen molar-refractivity contribution >= 4 is 11.8 Å². The number of rotatable bonds is 5. The van der Waals surface area contributed by atoms with Crippen LogP contribution in [0.5, 0.6) is 5.75 Å². The van der Waals surface area contributed by atoms with Gasteiger partial charge in [-0.25, -0.2) is 4.39 Å². The molecule has 0 bridgehead atoms. The maximum Gasteiger partial charge on any atom is 0.248 e. The molecular weight excluding hydrogens is 391 g/mol. The minimum atomic E-state index is -0.310. The summed E-state index contributed by atoms with van der Waals surface area (Å²) >= 11 is 0. The molecule has 4 rings (SSSR count). The normalized spacial score (nSPS) is 24.2. The molecule has 0 spiro atoms. The molecule has 3 aliphatic rings. The number of hydrogen-bond donors (Lipinski definition) is 0. The summed E-state index contributed by atoms with van der Waals surface area (Å²) in [4.78, 5) is 29.0. The molecule has 1 unspecified atom stereocenters. The van der Waals surface area contributed by atoms with Crippen molar-refractivity contribution in [2.75, 3.05) is 46.1 Å². The van der Waals surface area contributed by atoms with Gasteiger partial charge in [-0.2, -0.15) is 0 Å². The predicted molar refractivity (Wildman–Crippen MR) is 106 cm³/mol. The Balaban J connectivity index is 1.26. The third-order valence-electron chi connectivity index (χ3n) is 6.20. The van der Waals surface area contributed by atoms with Crippen LogP contribution in [0.1, 0.15) is 25.7 Å². The predicted octanol–water partition coefficient (Wildman–Crippen LogP) is 1.85. The molecule has 8 heteroatoms. The number of carbonyl (C=O) groups excluding carboxylic acids is 2. The quantitative estimate of drug-likeness (QED) is 0.727. The number of amides is 2. The Morgan fingerprint density at radius 2 is 1.80 bits per heavy atom. The molecule has 0 radical (unpaired) electrons. The first-order valence-electron chi connectivity index (χ1n) is 10.8. The van der Waals surface area contributed by atoms with Gasteiger partial charge in [0.2, 0.25) is 11.8 Å². The van der Waals surface area contributed by atoms with E-state index < -0.39 is 0 Å². The van der Waals surface area contributed by atoms with Crippen LogP contribution in [0.4, 0.5) is 4.39 Å². The van der Waals surface area contributed by atoms with Crippen molar-refractivity contribution in [1.29, 1.82) is 0 Å². The lowest BCUT2D eigenvalue weighted by Crippen LogP contribution is -2.56. The Hall–Kier alpha value is -2.19. The lowest BCUT2D eigenvalue weighted by atomic mass is 9.95. The largest absolute Gasteiger partial charge is 0.491 e. The molecule has 0 saturated carbocycles. The van der Waals surface area contributed by atoms with Gasteiger partial charge in [0.25, 0.3) is 0 Å². The van der Waals surface area contributed by atoms with Gasteiger partial charge in [0.15, 0.2) is 0 Å². The number of likely N-dealkylation sites (tertiary alicyclic amines) is 1. The van der Waals surface area contributed by atoms with E-state index in [9.17, 15) is 14.0 Å². The molecule has 30 heavy (non-hydrogen) atoms. The zero-order valence-electron chi connectivity index (χ0n) is 17.1. The van der Waals surface area contributed by atoms with Crippen LogP contribution in [0.3, 0.4) is 0 Å². The van der Waals surface area contributed by atoms with Crippen molar-refractivity contribution in [2.45, 2.75) is 37.8 Å². The SMILES string of the molecule is O=C(C1CCOCC1)N1CCC(N2CC(COc3ccc(F)cc3)OCC2=O)CC1. The minimum absolute atomic E-state index is 0.0118. The molecule has 7 nitrogen and oxygen atoms in total. The third kappa shape index (κ3) is 5.10. The van der Waals surface area contributed by atoms with E-state index in [0.717, 1.165) is 25.7 Å². The average molecular weight is 420 g/mol. The van der Waals surface area contributed by atoms with E-state index in [1.165, 1.54) is 12.1 Å². The fraction of sp³-hybridized carbons (Fsp3) is 0.636. The van der Waals surface area contributed by atoms with Gasteiger partial charge in [-0.1, -0.05) is 0 Å². The van der Waals surface area contributed by atoms with E-state index in [4.69, 9.17) is 14.2 Å². The lowest BCUT2D eigenvalue weighted by molar-refractivity contribution is -0.156. The summed E-state index contributed by atoms with van der Waals surface area (Å²) in [6.07, 6.45) is 2.94. The van der Waals surface area contributed by atoms with Gasteiger partial charge in [0.05, 0.1) is 6.54 Å². The van der Waals surface area contributed by atoms with Crippen molar-refractivity contribution in [2.24, 2.45) is 5.92 Å². The van der Waals surface area contributed by atoms with E-state index in [-0.39, 0.29) is 42.3 Å². The van der Waals surface area contributed by atoms with Crippen molar-refractivity contribution in [3.63, 3.8) is 0 Å².